The number of rotatable bonds is 9. The summed E-state index contributed by atoms with van der Waals surface area (Å²) in [6, 6.07) is 14.1. The normalized spacial score (nSPS) is 10.7. The summed E-state index contributed by atoms with van der Waals surface area (Å²) in [6.07, 6.45) is 0. The van der Waals surface area contributed by atoms with Crippen LogP contribution in [0.2, 0.25) is 0 Å². The van der Waals surface area contributed by atoms with Crippen LogP contribution >= 0.6 is 11.8 Å². The Morgan fingerprint density at radius 2 is 2.00 bits per heavy atom. The van der Waals surface area contributed by atoms with Crippen LogP contribution in [-0.4, -0.2) is 41.5 Å². The number of carbonyl (C=O) groups is 1. The quantitative estimate of drug-likeness (QED) is 0.535. The average Bonchev–Trinajstić information content (AvgIpc) is 3.19. The molecular formula is C21H23FN4O2S. The van der Waals surface area contributed by atoms with E-state index < -0.39 is 0 Å². The van der Waals surface area contributed by atoms with Crippen LogP contribution in [0.15, 0.2) is 58.2 Å². The van der Waals surface area contributed by atoms with Crippen molar-refractivity contribution in [1.82, 2.24) is 15.5 Å². The third-order valence-electron chi connectivity index (χ3n) is 4.28. The molecule has 0 unspecified atom stereocenters. The molecule has 152 valence electrons. The zero-order valence-corrected chi connectivity index (χ0v) is 17.2. The van der Waals surface area contributed by atoms with Gasteiger partial charge in [0.2, 0.25) is 11.8 Å². The molecule has 6 nitrogen and oxygen atoms in total. The number of amides is 1. The predicted molar refractivity (Wildman–Crippen MR) is 112 cm³/mol. The van der Waals surface area contributed by atoms with E-state index >= 15 is 0 Å². The van der Waals surface area contributed by atoms with Gasteiger partial charge in [-0.15, -0.1) is 10.2 Å². The fourth-order valence-corrected chi connectivity index (χ4v) is 3.37. The molecule has 0 spiro atoms. The van der Waals surface area contributed by atoms with Crippen LogP contribution in [0.5, 0.6) is 0 Å². The van der Waals surface area contributed by atoms with E-state index in [1.54, 1.807) is 12.1 Å². The lowest BCUT2D eigenvalue weighted by Gasteiger charge is -2.23. The molecule has 1 amide bonds. The number of thioether (sulfide) groups is 1. The highest BCUT2D eigenvalue weighted by molar-refractivity contribution is 7.99. The zero-order valence-electron chi connectivity index (χ0n) is 16.4. The van der Waals surface area contributed by atoms with Crippen LogP contribution in [-0.2, 0) is 4.79 Å². The Hall–Kier alpha value is -2.87. The molecule has 0 fully saturated rings. The van der Waals surface area contributed by atoms with E-state index in [2.05, 4.69) is 52.5 Å². The molecule has 0 aliphatic carbocycles. The van der Waals surface area contributed by atoms with Crippen molar-refractivity contribution in [2.45, 2.75) is 19.1 Å². The Morgan fingerprint density at radius 3 is 2.72 bits per heavy atom. The second kappa shape index (κ2) is 10.1. The molecule has 0 aliphatic rings. The average molecular weight is 415 g/mol. The molecular weight excluding hydrogens is 391 g/mol. The van der Waals surface area contributed by atoms with Gasteiger partial charge in [-0.2, -0.15) is 0 Å². The second-order valence-electron chi connectivity index (χ2n) is 6.44. The first-order valence-corrected chi connectivity index (χ1v) is 10.3. The maximum Gasteiger partial charge on any atom is 0.277 e. The third-order valence-corrected chi connectivity index (χ3v) is 5.10. The van der Waals surface area contributed by atoms with Gasteiger partial charge in [-0.05, 0) is 55.8 Å². The molecule has 0 aliphatic heterocycles. The van der Waals surface area contributed by atoms with Crippen LogP contribution in [0, 0.1) is 12.7 Å². The number of benzene rings is 2. The molecule has 3 rings (SSSR count). The number of likely N-dealkylation sites (N-methyl/N-ethyl adjacent to an activating group) is 1. The topological polar surface area (TPSA) is 71.3 Å². The minimum Gasteiger partial charge on any atom is -0.411 e. The van der Waals surface area contributed by atoms with Crippen LogP contribution in [0.4, 0.5) is 10.1 Å². The first-order valence-electron chi connectivity index (χ1n) is 9.35. The first kappa shape index (κ1) is 20.9. The number of hydrogen-bond acceptors (Lipinski definition) is 6. The Balaban J connectivity index is 1.43. The summed E-state index contributed by atoms with van der Waals surface area (Å²) in [7, 11) is 0. The van der Waals surface area contributed by atoms with Crippen molar-refractivity contribution in [2.24, 2.45) is 0 Å². The highest BCUT2D eigenvalue weighted by Gasteiger charge is 2.12. The molecule has 3 aromatic rings. The smallest absolute Gasteiger partial charge is 0.277 e. The Kier molecular flexibility index (Phi) is 7.24. The molecule has 0 saturated heterocycles. The number of nitrogens with one attached hydrogen (secondary N) is 1. The molecule has 0 atom stereocenters. The predicted octanol–water partition coefficient (Wildman–Crippen LogP) is 3.92. The lowest BCUT2D eigenvalue weighted by Crippen LogP contribution is -2.35. The van der Waals surface area contributed by atoms with Gasteiger partial charge < -0.3 is 14.6 Å². The summed E-state index contributed by atoms with van der Waals surface area (Å²) >= 11 is 1.17. The van der Waals surface area contributed by atoms with Gasteiger partial charge in [-0.3, -0.25) is 4.79 Å². The largest absolute Gasteiger partial charge is 0.411 e. The maximum atomic E-state index is 13.0. The van der Waals surface area contributed by atoms with Crippen LogP contribution in [0.25, 0.3) is 11.5 Å². The molecule has 0 bridgehead atoms. The standard InChI is InChI=1S/C21H23FN4O2S/c1-3-26(18-6-4-5-15(2)13-18)12-11-23-19(27)14-29-21-25-24-20(28-21)16-7-9-17(22)10-8-16/h4-10,13H,3,11-12,14H2,1-2H3,(H,23,27). The monoisotopic (exact) mass is 414 g/mol. The fourth-order valence-electron chi connectivity index (χ4n) is 2.78. The minimum atomic E-state index is -0.330. The van der Waals surface area contributed by atoms with Gasteiger partial charge >= 0.3 is 0 Å². The maximum absolute atomic E-state index is 13.0. The number of hydrogen-bond donors (Lipinski definition) is 1. The number of aromatic nitrogens is 2. The highest BCUT2D eigenvalue weighted by Crippen LogP contribution is 2.23. The van der Waals surface area contributed by atoms with Gasteiger partial charge in [0.15, 0.2) is 0 Å². The van der Waals surface area contributed by atoms with Crippen LogP contribution in [0.1, 0.15) is 12.5 Å². The molecule has 8 heteroatoms. The van der Waals surface area contributed by atoms with Gasteiger partial charge in [0.05, 0.1) is 5.75 Å². The Morgan fingerprint density at radius 1 is 1.21 bits per heavy atom. The van der Waals surface area contributed by atoms with E-state index in [1.807, 2.05) is 6.07 Å². The van der Waals surface area contributed by atoms with Gasteiger partial charge in [-0.25, -0.2) is 4.39 Å². The summed E-state index contributed by atoms with van der Waals surface area (Å²) in [5.74, 6) is 0.0480. The third kappa shape index (κ3) is 6.05. The van der Waals surface area contributed by atoms with Gasteiger partial charge in [0, 0.05) is 30.9 Å². The number of carbonyl (C=O) groups excluding carboxylic acids is 1. The lowest BCUT2D eigenvalue weighted by atomic mass is 10.2. The van der Waals surface area contributed by atoms with Crippen molar-refractivity contribution in [3.8, 4) is 11.5 Å². The van der Waals surface area contributed by atoms with Crippen molar-refractivity contribution in [3.05, 3.63) is 59.9 Å². The van der Waals surface area contributed by atoms with Crippen molar-refractivity contribution < 1.29 is 13.6 Å². The molecule has 29 heavy (non-hydrogen) atoms. The van der Waals surface area contributed by atoms with Crippen molar-refractivity contribution in [2.75, 3.05) is 30.3 Å². The van der Waals surface area contributed by atoms with E-state index in [4.69, 9.17) is 4.42 Å². The molecule has 1 N–H and O–H groups in total. The molecule has 2 aromatic carbocycles. The first-order chi connectivity index (χ1) is 14.0. The van der Waals surface area contributed by atoms with E-state index in [0.29, 0.717) is 23.2 Å². The van der Waals surface area contributed by atoms with Gasteiger partial charge in [0.25, 0.3) is 5.22 Å². The van der Waals surface area contributed by atoms with E-state index in [-0.39, 0.29) is 17.5 Å². The number of halogens is 1. The zero-order chi connectivity index (χ0) is 20.6. The molecule has 1 aromatic heterocycles. The van der Waals surface area contributed by atoms with Crippen LogP contribution < -0.4 is 10.2 Å². The minimum absolute atomic E-state index is 0.100. The number of aryl methyl sites for hydroxylation is 1. The van der Waals surface area contributed by atoms with Crippen molar-refractivity contribution in [1.29, 1.82) is 0 Å². The SMILES string of the molecule is CCN(CCNC(=O)CSc1nnc(-c2ccc(F)cc2)o1)c1cccc(C)c1. The summed E-state index contributed by atoms with van der Waals surface area (Å²) in [4.78, 5) is 14.3. The molecule has 0 radical (unpaired) electrons. The number of nitrogens with zero attached hydrogens (tertiary/aromatic N) is 3. The lowest BCUT2D eigenvalue weighted by molar-refractivity contribution is -0.118. The summed E-state index contributed by atoms with van der Waals surface area (Å²) in [5.41, 5.74) is 2.99. The molecule has 0 saturated carbocycles. The van der Waals surface area contributed by atoms with Crippen molar-refractivity contribution >= 4 is 23.4 Å². The highest BCUT2D eigenvalue weighted by atomic mass is 32.2. The van der Waals surface area contributed by atoms with Gasteiger partial charge in [0.1, 0.15) is 5.82 Å². The van der Waals surface area contributed by atoms with E-state index in [0.717, 1.165) is 18.8 Å². The number of anilines is 1. The Labute approximate surface area is 173 Å². The van der Waals surface area contributed by atoms with E-state index in [1.165, 1.54) is 29.5 Å². The summed E-state index contributed by atoms with van der Waals surface area (Å²) in [5, 5.41) is 11.1. The molecule has 1 heterocycles. The summed E-state index contributed by atoms with van der Waals surface area (Å²) in [6.45, 7) is 6.29. The van der Waals surface area contributed by atoms with Gasteiger partial charge in [-0.1, -0.05) is 23.9 Å². The summed E-state index contributed by atoms with van der Waals surface area (Å²) < 4.78 is 18.5. The fraction of sp³-hybridized carbons (Fsp3) is 0.286. The second-order valence-corrected chi connectivity index (χ2v) is 7.36. The van der Waals surface area contributed by atoms with E-state index in [9.17, 15) is 9.18 Å². The van der Waals surface area contributed by atoms with Crippen LogP contribution in [0.3, 0.4) is 0 Å². The Bertz CT molecular complexity index is 946. The van der Waals surface area contributed by atoms with Crippen molar-refractivity contribution in [3.63, 3.8) is 0 Å².